The molecule has 0 radical (unpaired) electrons. The topological polar surface area (TPSA) is 72.1 Å². The molecule has 0 unspecified atom stereocenters. The third-order valence-corrected chi connectivity index (χ3v) is 3.51. The third kappa shape index (κ3) is 4.14. The van der Waals surface area contributed by atoms with E-state index in [1.165, 1.54) is 6.20 Å². The van der Waals surface area contributed by atoms with E-state index in [0.29, 0.717) is 17.5 Å². The minimum absolute atomic E-state index is 0.0188. The minimum Gasteiger partial charge on any atom is -0.462 e. The van der Waals surface area contributed by atoms with Crippen molar-refractivity contribution >= 4 is 64.8 Å². The maximum Gasteiger partial charge on any atom is 0.343 e. The lowest BCUT2D eigenvalue weighted by Gasteiger charge is -2.11. The molecule has 0 saturated carbocycles. The minimum atomic E-state index is -0.634. The van der Waals surface area contributed by atoms with Crippen molar-refractivity contribution in [2.24, 2.45) is 0 Å². The van der Waals surface area contributed by atoms with Crippen LogP contribution in [0, 0.1) is 0 Å². The Morgan fingerprint density at radius 1 is 1.38 bits per heavy atom. The van der Waals surface area contributed by atoms with Crippen LogP contribution in [-0.2, 0) is 11.2 Å². The molecule has 0 aliphatic heterocycles. The summed E-state index contributed by atoms with van der Waals surface area (Å²) in [4.78, 5) is 31.2. The van der Waals surface area contributed by atoms with E-state index in [2.05, 4.69) is 57.8 Å². The monoisotopic (exact) mass is 480 g/mol. The molecule has 2 aromatic heterocycles. The van der Waals surface area contributed by atoms with Crippen molar-refractivity contribution in [3.05, 3.63) is 39.8 Å². The number of nitrogens with one attached hydrogen (secondary N) is 1. The van der Waals surface area contributed by atoms with Crippen LogP contribution in [0.15, 0.2) is 23.1 Å². The maximum atomic E-state index is 12.3. The lowest BCUT2D eigenvalue weighted by atomic mass is 10.2. The number of carbonyl (C=O) groups is 1. The van der Waals surface area contributed by atoms with Crippen LogP contribution in [0.4, 0.5) is 0 Å². The number of hydrogen-bond acceptors (Lipinski definition) is 4. The fourth-order valence-corrected chi connectivity index (χ4v) is 2.67. The number of esters is 1. The van der Waals surface area contributed by atoms with E-state index >= 15 is 0 Å². The Kier molecular flexibility index (Phi) is 5.21. The normalized spacial score (nSPS) is 11.6. The molecule has 0 aliphatic rings. The maximum absolute atomic E-state index is 12.3. The zero-order chi connectivity index (χ0) is 15.6. The Hall–Kier alpha value is -0.730. The van der Waals surface area contributed by atoms with Gasteiger partial charge in [0, 0.05) is 18.3 Å². The summed E-state index contributed by atoms with van der Waals surface area (Å²) in [7, 11) is 0. The Morgan fingerprint density at radius 3 is 2.71 bits per heavy atom. The number of H-pyrrole nitrogens is 1. The van der Waals surface area contributed by atoms with Gasteiger partial charge >= 0.3 is 5.97 Å². The van der Waals surface area contributed by atoms with Gasteiger partial charge in [-0.3, -0.25) is 4.79 Å². The van der Waals surface area contributed by atoms with Gasteiger partial charge in [-0.25, -0.2) is 9.78 Å². The average molecular weight is 483 g/mol. The SMILES string of the molecule is CCOC(=O)c1c[nH]c2nc(CC(Br)(Br)Br)ccc2c1=O. The number of ether oxygens (including phenoxy) is 1. The highest BCUT2D eigenvalue weighted by atomic mass is 80.0. The number of aromatic amines is 1. The molecule has 0 aliphatic carbocycles. The molecule has 0 saturated heterocycles. The van der Waals surface area contributed by atoms with Crippen LogP contribution >= 0.6 is 47.8 Å². The highest BCUT2D eigenvalue weighted by Crippen LogP contribution is 2.36. The predicted molar refractivity (Wildman–Crippen MR) is 91.5 cm³/mol. The molecule has 0 spiro atoms. The summed E-state index contributed by atoms with van der Waals surface area (Å²) in [5.74, 6) is -0.634. The lowest BCUT2D eigenvalue weighted by molar-refractivity contribution is 0.0524. The summed E-state index contributed by atoms with van der Waals surface area (Å²) in [5.41, 5.74) is 0.800. The molecule has 112 valence electrons. The van der Waals surface area contributed by atoms with Gasteiger partial charge in [0.2, 0.25) is 5.43 Å². The van der Waals surface area contributed by atoms with Gasteiger partial charge in [-0.05, 0) is 19.1 Å². The number of carbonyl (C=O) groups excluding carboxylic acids is 1. The number of hydrogen-bond donors (Lipinski definition) is 1. The van der Waals surface area contributed by atoms with Crippen LogP contribution < -0.4 is 5.43 Å². The number of halogens is 3. The number of alkyl halides is 3. The van der Waals surface area contributed by atoms with Crippen LogP contribution in [0.1, 0.15) is 23.0 Å². The number of rotatable bonds is 3. The van der Waals surface area contributed by atoms with E-state index in [1.807, 2.05) is 0 Å². The lowest BCUT2D eigenvalue weighted by Crippen LogP contribution is -2.18. The van der Waals surface area contributed by atoms with Crippen molar-refractivity contribution in [3.8, 4) is 0 Å². The zero-order valence-electron chi connectivity index (χ0n) is 11.0. The van der Waals surface area contributed by atoms with Crippen molar-refractivity contribution in [2.45, 2.75) is 15.5 Å². The highest BCUT2D eigenvalue weighted by Gasteiger charge is 2.20. The molecule has 2 rings (SSSR count). The van der Waals surface area contributed by atoms with Gasteiger partial charge in [0.15, 0.2) is 0 Å². The standard InChI is InChI=1S/C13H11Br3N2O3/c1-2-21-12(20)9-6-17-11-8(10(9)19)4-3-7(18-11)5-13(14,15)16/h3-4,6H,2,5H2,1H3,(H,17,18,19). The second-order valence-electron chi connectivity index (χ2n) is 4.24. The van der Waals surface area contributed by atoms with Crippen LogP contribution in [-0.4, -0.2) is 24.7 Å². The summed E-state index contributed by atoms with van der Waals surface area (Å²) >= 11 is 10.2. The first kappa shape index (κ1) is 16.6. The molecular weight excluding hydrogens is 472 g/mol. The fraction of sp³-hybridized carbons (Fsp3) is 0.308. The van der Waals surface area contributed by atoms with Gasteiger partial charge < -0.3 is 9.72 Å². The highest BCUT2D eigenvalue weighted by molar-refractivity contribution is 9.39. The van der Waals surface area contributed by atoms with Gasteiger partial charge in [-0.15, -0.1) is 0 Å². The number of pyridine rings is 2. The van der Waals surface area contributed by atoms with Gasteiger partial charge in [0.05, 0.1) is 12.0 Å². The van der Waals surface area contributed by atoms with Crippen LogP contribution in [0.5, 0.6) is 0 Å². The Morgan fingerprint density at radius 2 is 2.10 bits per heavy atom. The van der Waals surface area contributed by atoms with Crippen LogP contribution in [0.3, 0.4) is 0 Å². The molecule has 0 atom stereocenters. The first-order valence-electron chi connectivity index (χ1n) is 6.07. The average Bonchev–Trinajstić information content (AvgIpc) is 2.37. The Bertz CT molecular complexity index is 737. The van der Waals surface area contributed by atoms with Crippen molar-refractivity contribution in [1.29, 1.82) is 0 Å². The summed E-state index contributed by atoms with van der Waals surface area (Å²) < 4.78 is 4.40. The van der Waals surface area contributed by atoms with E-state index in [-0.39, 0.29) is 17.6 Å². The fourth-order valence-electron chi connectivity index (χ4n) is 1.81. The largest absolute Gasteiger partial charge is 0.462 e. The Labute approximate surface area is 145 Å². The summed E-state index contributed by atoms with van der Waals surface area (Å²) in [6, 6.07) is 3.39. The number of fused-ring (bicyclic) bond motifs is 1. The predicted octanol–water partition coefficient (Wildman–Crippen LogP) is 3.48. The van der Waals surface area contributed by atoms with Crippen molar-refractivity contribution < 1.29 is 9.53 Å². The van der Waals surface area contributed by atoms with Crippen molar-refractivity contribution in [1.82, 2.24) is 9.97 Å². The third-order valence-electron chi connectivity index (χ3n) is 2.67. The molecule has 0 bridgehead atoms. The molecular formula is C13H11Br3N2O3. The quantitative estimate of drug-likeness (QED) is 0.537. The van der Waals surface area contributed by atoms with Gasteiger partial charge in [0.1, 0.15) is 13.4 Å². The number of nitrogens with zero attached hydrogens (tertiary/aromatic N) is 1. The van der Waals surface area contributed by atoms with E-state index in [1.54, 1.807) is 19.1 Å². The Balaban J connectivity index is 2.46. The molecule has 1 N–H and O–H groups in total. The molecule has 5 nitrogen and oxygen atoms in total. The van der Waals surface area contributed by atoms with Crippen molar-refractivity contribution in [2.75, 3.05) is 6.61 Å². The van der Waals surface area contributed by atoms with Gasteiger partial charge in [0.25, 0.3) is 0 Å². The van der Waals surface area contributed by atoms with E-state index in [0.717, 1.165) is 5.69 Å². The van der Waals surface area contributed by atoms with Gasteiger partial charge in [-0.1, -0.05) is 47.8 Å². The molecule has 0 fully saturated rings. The zero-order valence-corrected chi connectivity index (χ0v) is 15.7. The van der Waals surface area contributed by atoms with Crippen LogP contribution in [0.25, 0.3) is 11.0 Å². The van der Waals surface area contributed by atoms with Gasteiger partial charge in [-0.2, -0.15) is 0 Å². The molecule has 2 aromatic rings. The van der Waals surface area contributed by atoms with Crippen LogP contribution in [0.2, 0.25) is 0 Å². The summed E-state index contributed by atoms with van der Waals surface area (Å²) in [6.07, 6.45) is 1.90. The van der Waals surface area contributed by atoms with E-state index in [4.69, 9.17) is 4.74 Å². The molecule has 8 heteroatoms. The summed E-state index contributed by atoms with van der Waals surface area (Å²) in [6.45, 7) is 1.91. The first-order valence-corrected chi connectivity index (χ1v) is 8.45. The second-order valence-corrected chi connectivity index (χ2v) is 11.5. The molecule has 21 heavy (non-hydrogen) atoms. The first-order chi connectivity index (χ1) is 9.81. The number of aromatic nitrogens is 2. The smallest absolute Gasteiger partial charge is 0.343 e. The van der Waals surface area contributed by atoms with E-state index in [9.17, 15) is 9.59 Å². The molecule has 0 amide bonds. The van der Waals surface area contributed by atoms with Crippen molar-refractivity contribution in [3.63, 3.8) is 0 Å². The summed E-state index contributed by atoms with van der Waals surface area (Å²) in [5, 5.41) is 0.355. The second kappa shape index (κ2) is 6.58. The van der Waals surface area contributed by atoms with E-state index < -0.39 is 8.11 Å². The molecule has 0 aromatic carbocycles. The molecule has 2 heterocycles.